The van der Waals surface area contributed by atoms with Gasteiger partial charge in [0, 0.05) is 11.0 Å². The van der Waals surface area contributed by atoms with E-state index in [0.29, 0.717) is 43.8 Å². The zero-order valence-corrected chi connectivity index (χ0v) is 26.6. The Balaban J connectivity index is 1.64. The minimum absolute atomic E-state index is 0.228. The summed E-state index contributed by atoms with van der Waals surface area (Å²) in [5, 5.41) is 0.702. The average molecular weight is 652 g/mol. The van der Waals surface area contributed by atoms with Gasteiger partial charge in [-0.25, -0.2) is 9.79 Å². The molecule has 212 valence electrons. The van der Waals surface area contributed by atoms with Crippen molar-refractivity contribution in [3.8, 4) is 0 Å². The Bertz CT molecular complexity index is 1770. The van der Waals surface area contributed by atoms with Gasteiger partial charge in [0.05, 0.1) is 32.9 Å². The molecular formula is C32H31BrN2O4S2. The number of rotatable bonds is 9. The first-order valence-electron chi connectivity index (χ1n) is 13.6. The van der Waals surface area contributed by atoms with Gasteiger partial charge >= 0.3 is 5.97 Å². The summed E-state index contributed by atoms with van der Waals surface area (Å²) in [6.45, 7) is 8.34. The minimum atomic E-state index is -0.636. The molecule has 2 aromatic carbocycles. The second kappa shape index (κ2) is 12.8. The normalized spacial score (nSPS) is 15.3. The average Bonchev–Trinajstić information content (AvgIpc) is 3.46. The number of ether oxygens (including phenoxy) is 1. The van der Waals surface area contributed by atoms with Crippen molar-refractivity contribution in [2.75, 3.05) is 6.61 Å². The molecular weight excluding hydrogens is 620 g/mol. The van der Waals surface area contributed by atoms with Crippen LogP contribution in [0.15, 0.2) is 101 Å². The van der Waals surface area contributed by atoms with E-state index in [1.54, 1.807) is 17.6 Å². The summed E-state index contributed by atoms with van der Waals surface area (Å²) >= 11 is 6.39. The van der Waals surface area contributed by atoms with Gasteiger partial charge in [0.1, 0.15) is 5.76 Å². The molecule has 0 bridgehead atoms. The highest BCUT2D eigenvalue weighted by atomic mass is 79.9. The maximum atomic E-state index is 14.0. The summed E-state index contributed by atoms with van der Waals surface area (Å²) in [7, 11) is 0. The Morgan fingerprint density at radius 3 is 2.56 bits per heavy atom. The molecule has 0 fully saturated rings. The maximum absolute atomic E-state index is 14.0. The molecule has 6 nitrogen and oxygen atoms in total. The molecule has 41 heavy (non-hydrogen) atoms. The van der Waals surface area contributed by atoms with Gasteiger partial charge in [0.2, 0.25) is 0 Å². The monoisotopic (exact) mass is 650 g/mol. The van der Waals surface area contributed by atoms with Crippen LogP contribution < -0.4 is 14.9 Å². The number of hydrogen-bond acceptors (Lipinski definition) is 7. The summed E-state index contributed by atoms with van der Waals surface area (Å²) in [4.78, 5) is 33.8. The smallest absolute Gasteiger partial charge is 0.338 e. The number of benzene rings is 2. The van der Waals surface area contributed by atoms with Crippen molar-refractivity contribution < 1.29 is 13.9 Å². The first kappa shape index (κ1) is 29.4. The first-order valence-corrected chi connectivity index (χ1v) is 16.1. The van der Waals surface area contributed by atoms with Crippen molar-refractivity contribution in [2.24, 2.45) is 4.99 Å². The molecule has 1 aliphatic heterocycles. The fourth-order valence-electron chi connectivity index (χ4n) is 4.73. The third kappa shape index (κ3) is 6.22. The van der Waals surface area contributed by atoms with E-state index in [9.17, 15) is 9.59 Å². The summed E-state index contributed by atoms with van der Waals surface area (Å²) in [5.74, 6) is 0.473. The number of fused-ring (bicyclic) bond motifs is 1. The second-order valence-corrected chi connectivity index (χ2v) is 12.8. The van der Waals surface area contributed by atoms with Gasteiger partial charge in [0.25, 0.3) is 5.56 Å². The summed E-state index contributed by atoms with van der Waals surface area (Å²) in [6.07, 6.45) is 3.15. The van der Waals surface area contributed by atoms with Crippen LogP contribution in [-0.2, 0) is 9.53 Å². The van der Waals surface area contributed by atoms with E-state index >= 15 is 0 Å². The van der Waals surface area contributed by atoms with Crippen molar-refractivity contribution >= 4 is 51.1 Å². The Labute approximate surface area is 255 Å². The van der Waals surface area contributed by atoms with Crippen LogP contribution in [0, 0.1) is 0 Å². The Hall–Kier alpha value is -3.14. The van der Waals surface area contributed by atoms with Crippen LogP contribution >= 0.6 is 39.0 Å². The quantitative estimate of drug-likeness (QED) is 0.179. The van der Waals surface area contributed by atoms with Crippen LogP contribution in [0.4, 0.5) is 0 Å². The zero-order chi connectivity index (χ0) is 29.1. The van der Waals surface area contributed by atoms with Crippen molar-refractivity contribution in [3.63, 3.8) is 0 Å². The number of aromatic nitrogens is 1. The van der Waals surface area contributed by atoms with Gasteiger partial charge in [-0.05, 0) is 64.5 Å². The lowest BCUT2D eigenvalue weighted by atomic mass is 9.92. The van der Waals surface area contributed by atoms with Gasteiger partial charge in [-0.1, -0.05) is 92.8 Å². The molecule has 1 aliphatic rings. The second-order valence-electron chi connectivity index (χ2n) is 9.93. The number of esters is 1. The fourth-order valence-corrected chi connectivity index (χ4v) is 7.09. The van der Waals surface area contributed by atoms with E-state index in [1.165, 1.54) is 28.7 Å². The predicted octanol–water partition coefficient (Wildman–Crippen LogP) is 7.21. The molecule has 0 saturated heterocycles. The number of hydrogen-bond donors (Lipinski definition) is 0. The van der Waals surface area contributed by atoms with E-state index in [-0.39, 0.29) is 12.2 Å². The molecule has 0 spiro atoms. The molecule has 0 aliphatic carbocycles. The number of furan rings is 1. The number of halogens is 1. The summed E-state index contributed by atoms with van der Waals surface area (Å²) in [6, 6.07) is 19.3. The van der Waals surface area contributed by atoms with Crippen LogP contribution in [0.5, 0.6) is 0 Å². The molecule has 1 atom stereocenters. The molecule has 5 rings (SSSR count). The highest BCUT2D eigenvalue weighted by Crippen LogP contribution is 2.36. The van der Waals surface area contributed by atoms with Crippen LogP contribution in [0.25, 0.3) is 6.08 Å². The first-order chi connectivity index (χ1) is 19.8. The molecule has 2 aromatic heterocycles. The lowest BCUT2D eigenvalue weighted by molar-refractivity contribution is -0.139. The molecule has 0 amide bonds. The van der Waals surface area contributed by atoms with E-state index < -0.39 is 12.0 Å². The third-order valence-corrected chi connectivity index (χ3v) is 9.54. The number of allylic oxidation sites excluding steroid dienone is 1. The summed E-state index contributed by atoms with van der Waals surface area (Å²) < 4.78 is 14.5. The van der Waals surface area contributed by atoms with Crippen LogP contribution in [0.1, 0.15) is 69.4 Å². The molecule has 0 saturated carbocycles. The number of nitrogens with zero attached hydrogens (tertiary/aromatic N) is 2. The lowest BCUT2D eigenvalue weighted by Gasteiger charge is -2.26. The standard InChI is InChI=1S/C32H31BrN2O4S2/c1-5-10-25-27(30(37)38-6-2)28(21-15-13-20(14-16-21)19(3)4)35-29(36)26(41-32(35)34-25)18-22-17-24(33)31(39-22)40-23-11-8-7-9-12-23/h7-9,11-19,28H,5-6,10H2,1-4H3/b26-18+/t28-/m0/s1. The third-order valence-electron chi connectivity index (χ3n) is 6.71. The van der Waals surface area contributed by atoms with Gasteiger partial charge in [-0.3, -0.25) is 9.36 Å². The predicted molar refractivity (Wildman–Crippen MR) is 167 cm³/mol. The minimum Gasteiger partial charge on any atom is -0.463 e. The molecule has 0 N–H and O–H groups in total. The van der Waals surface area contributed by atoms with Crippen LogP contribution in [0.3, 0.4) is 0 Å². The molecule has 0 unspecified atom stereocenters. The Kier molecular flexibility index (Phi) is 9.16. The summed E-state index contributed by atoms with van der Waals surface area (Å²) in [5.41, 5.74) is 2.89. The van der Waals surface area contributed by atoms with E-state index in [1.807, 2.05) is 55.5 Å². The van der Waals surface area contributed by atoms with Gasteiger partial charge in [0.15, 0.2) is 9.89 Å². The van der Waals surface area contributed by atoms with E-state index in [4.69, 9.17) is 14.1 Å². The zero-order valence-electron chi connectivity index (χ0n) is 23.3. The van der Waals surface area contributed by atoms with Crippen molar-refractivity contribution in [1.82, 2.24) is 4.57 Å². The van der Waals surface area contributed by atoms with Crippen LogP contribution in [0.2, 0.25) is 0 Å². The lowest BCUT2D eigenvalue weighted by Crippen LogP contribution is -2.40. The Morgan fingerprint density at radius 2 is 1.90 bits per heavy atom. The SMILES string of the molecule is CCCC1=C(C(=O)OCC)[C@H](c2ccc(C(C)C)cc2)n2c(s/c(=C/c3cc(Br)c(Sc4ccccc4)o3)c2=O)=N1. The number of thiazole rings is 1. The number of carbonyl (C=O) groups is 1. The largest absolute Gasteiger partial charge is 0.463 e. The molecule has 0 radical (unpaired) electrons. The highest BCUT2D eigenvalue weighted by Gasteiger charge is 2.34. The number of carbonyl (C=O) groups excluding carboxylic acids is 1. The molecule has 4 aromatic rings. The van der Waals surface area contributed by atoms with Crippen molar-refractivity contribution in [2.45, 2.75) is 62.5 Å². The van der Waals surface area contributed by atoms with Crippen LogP contribution in [-0.4, -0.2) is 17.1 Å². The fraction of sp³-hybridized carbons (Fsp3) is 0.281. The molecule has 3 heterocycles. The Morgan fingerprint density at radius 1 is 1.17 bits per heavy atom. The highest BCUT2D eigenvalue weighted by molar-refractivity contribution is 9.10. The van der Waals surface area contributed by atoms with Gasteiger partial charge < -0.3 is 9.15 Å². The molecule has 9 heteroatoms. The van der Waals surface area contributed by atoms with Crippen molar-refractivity contribution in [1.29, 1.82) is 0 Å². The van der Waals surface area contributed by atoms with E-state index in [2.05, 4.69) is 41.9 Å². The topological polar surface area (TPSA) is 73.8 Å². The maximum Gasteiger partial charge on any atom is 0.338 e. The van der Waals surface area contributed by atoms with E-state index in [0.717, 1.165) is 21.4 Å². The van der Waals surface area contributed by atoms with Gasteiger partial charge in [-0.15, -0.1) is 0 Å². The van der Waals surface area contributed by atoms with Gasteiger partial charge in [-0.2, -0.15) is 0 Å². The van der Waals surface area contributed by atoms with Crippen molar-refractivity contribution in [3.05, 3.63) is 113 Å².